The Morgan fingerprint density at radius 3 is 2.33 bits per heavy atom. The van der Waals surface area contributed by atoms with Gasteiger partial charge in [-0.05, 0) is 56.0 Å². The van der Waals surface area contributed by atoms with E-state index in [9.17, 15) is 18.0 Å². The maximum atomic E-state index is 14.0. The average molecular weight is 574 g/mol. The fraction of sp³-hybridized carbons (Fsp3) is 0.517. The van der Waals surface area contributed by atoms with Crippen molar-refractivity contribution in [1.29, 1.82) is 0 Å². The van der Waals surface area contributed by atoms with Gasteiger partial charge in [0.05, 0.1) is 18.6 Å². The second kappa shape index (κ2) is 13.3. The van der Waals surface area contributed by atoms with Crippen LogP contribution >= 0.6 is 0 Å². The Labute approximate surface area is 236 Å². The molecule has 10 nitrogen and oxygen atoms in total. The predicted octanol–water partition coefficient (Wildman–Crippen LogP) is 3.49. The highest BCUT2D eigenvalue weighted by Gasteiger charge is 2.34. The average Bonchev–Trinajstić information content (AvgIpc) is 3.48. The molecule has 1 N–H and O–H groups in total. The summed E-state index contributed by atoms with van der Waals surface area (Å²) in [4.78, 5) is 28.9. The van der Waals surface area contributed by atoms with E-state index in [2.05, 4.69) is 5.32 Å². The molecule has 11 heteroatoms. The fourth-order valence-electron chi connectivity index (χ4n) is 5.12. The second-order valence-electron chi connectivity index (χ2n) is 10.0. The van der Waals surface area contributed by atoms with Gasteiger partial charge in [0.25, 0.3) is 0 Å². The molecule has 2 aliphatic rings. The number of anilines is 1. The van der Waals surface area contributed by atoms with E-state index in [0.717, 1.165) is 35.6 Å². The van der Waals surface area contributed by atoms with Crippen LogP contribution in [0.2, 0.25) is 0 Å². The second-order valence-corrected chi connectivity index (χ2v) is 12.2. The van der Waals surface area contributed by atoms with Crippen molar-refractivity contribution in [2.45, 2.75) is 64.6 Å². The number of hydrogen-bond acceptors (Lipinski definition) is 7. The van der Waals surface area contributed by atoms with Crippen LogP contribution in [0.4, 0.5) is 5.69 Å². The van der Waals surface area contributed by atoms with Crippen molar-refractivity contribution in [3.05, 3.63) is 48.0 Å². The van der Waals surface area contributed by atoms with Gasteiger partial charge in [0.2, 0.25) is 21.8 Å². The molecule has 0 saturated heterocycles. The van der Waals surface area contributed by atoms with Crippen molar-refractivity contribution >= 4 is 27.5 Å². The molecule has 1 fully saturated rings. The van der Waals surface area contributed by atoms with Crippen LogP contribution in [0.15, 0.2) is 42.5 Å². The van der Waals surface area contributed by atoms with Crippen LogP contribution < -0.4 is 23.8 Å². The van der Waals surface area contributed by atoms with Gasteiger partial charge in [-0.2, -0.15) is 0 Å². The lowest BCUT2D eigenvalue weighted by molar-refractivity contribution is -0.140. The van der Waals surface area contributed by atoms with Crippen molar-refractivity contribution in [1.82, 2.24) is 10.2 Å². The molecule has 1 aliphatic heterocycles. The number of benzene rings is 2. The topological polar surface area (TPSA) is 114 Å². The molecule has 4 rings (SSSR count). The summed E-state index contributed by atoms with van der Waals surface area (Å²) in [5.74, 6) is 0.714. The Bertz CT molecular complexity index is 1280. The van der Waals surface area contributed by atoms with E-state index in [4.69, 9.17) is 14.2 Å². The highest BCUT2D eigenvalue weighted by molar-refractivity contribution is 7.92. The Morgan fingerprint density at radius 1 is 1.02 bits per heavy atom. The molecule has 1 atom stereocenters. The van der Waals surface area contributed by atoms with Crippen LogP contribution in [-0.4, -0.2) is 69.8 Å². The number of nitrogens with one attached hydrogen (secondary N) is 1. The number of sulfonamides is 1. The first-order valence-electron chi connectivity index (χ1n) is 13.9. The quantitative estimate of drug-likeness (QED) is 0.413. The SMILES string of the molecule is CC[C@@H](C(=O)NC1CCCC1)N(Cc1ccc(OC)cc1)C(=O)CN(c1ccc2c(c1)OCCO2)S(=O)(=O)CC. The summed E-state index contributed by atoms with van der Waals surface area (Å²) in [7, 11) is -2.27. The van der Waals surface area contributed by atoms with Crippen molar-refractivity contribution in [2.24, 2.45) is 0 Å². The number of carbonyl (C=O) groups excluding carboxylic acids is 2. The minimum absolute atomic E-state index is 0.0918. The molecule has 1 saturated carbocycles. The molecule has 218 valence electrons. The lowest BCUT2D eigenvalue weighted by Gasteiger charge is -2.34. The molecule has 40 heavy (non-hydrogen) atoms. The van der Waals surface area contributed by atoms with Crippen LogP contribution in [0.5, 0.6) is 17.2 Å². The van der Waals surface area contributed by atoms with E-state index in [-0.39, 0.29) is 24.2 Å². The first kappa shape index (κ1) is 29.5. The Hall–Kier alpha value is -3.47. The molecule has 2 aromatic rings. The van der Waals surface area contributed by atoms with E-state index in [1.165, 1.54) is 11.8 Å². The maximum absolute atomic E-state index is 14.0. The molecule has 0 aromatic heterocycles. The molecule has 1 heterocycles. The van der Waals surface area contributed by atoms with E-state index < -0.39 is 28.5 Å². The monoisotopic (exact) mass is 573 g/mol. The van der Waals surface area contributed by atoms with Crippen molar-refractivity contribution in [2.75, 3.05) is 36.9 Å². The van der Waals surface area contributed by atoms with Crippen LogP contribution in [0.1, 0.15) is 51.5 Å². The minimum atomic E-state index is -3.85. The zero-order valence-electron chi connectivity index (χ0n) is 23.4. The van der Waals surface area contributed by atoms with E-state index in [0.29, 0.717) is 42.6 Å². The number of nitrogens with zero attached hydrogens (tertiary/aromatic N) is 2. The largest absolute Gasteiger partial charge is 0.497 e. The molecule has 0 unspecified atom stereocenters. The van der Waals surface area contributed by atoms with Crippen molar-refractivity contribution in [3.63, 3.8) is 0 Å². The third-order valence-electron chi connectivity index (χ3n) is 7.39. The summed E-state index contributed by atoms with van der Waals surface area (Å²) in [6, 6.07) is 11.4. The van der Waals surface area contributed by atoms with E-state index >= 15 is 0 Å². The fourth-order valence-corrected chi connectivity index (χ4v) is 6.18. The molecule has 1 aliphatic carbocycles. The van der Waals surface area contributed by atoms with Crippen LogP contribution in [0, 0.1) is 0 Å². The zero-order chi connectivity index (χ0) is 28.7. The first-order valence-corrected chi connectivity index (χ1v) is 15.5. The van der Waals surface area contributed by atoms with Crippen molar-refractivity contribution < 1.29 is 32.2 Å². The Kier molecular flexibility index (Phi) is 9.78. The van der Waals surface area contributed by atoms with Gasteiger partial charge in [-0.15, -0.1) is 0 Å². The summed E-state index contributed by atoms with van der Waals surface area (Å²) in [5.41, 5.74) is 1.10. The summed E-state index contributed by atoms with van der Waals surface area (Å²) in [6.45, 7) is 3.82. The molecular weight excluding hydrogens is 534 g/mol. The number of carbonyl (C=O) groups is 2. The maximum Gasteiger partial charge on any atom is 0.244 e. The highest BCUT2D eigenvalue weighted by Crippen LogP contribution is 2.35. The Balaban J connectivity index is 1.65. The van der Waals surface area contributed by atoms with Crippen LogP contribution in [0.3, 0.4) is 0 Å². The minimum Gasteiger partial charge on any atom is -0.497 e. The number of methoxy groups -OCH3 is 1. The van der Waals surface area contributed by atoms with Gasteiger partial charge >= 0.3 is 0 Å². The third kappa shape index (κ3) is 6.99. The zero-order valence-corrected chi connectivity index (χ0v) is 24.2. The van der Waals surface area contributed by atoms with Gasteiger partial charge in [-0.3, -0.25) is 13.9 Å². The molecule has 0 bridgehead atoms. The predicted molar refractivity (Wildman–Crippen MR) is 152 cm³/mol. The summed E-state index contributed by atoms with van der Waals surface area (Å²) < 4.78 is 44.1. The molecule has 0 radical (unpaired) electrons. The third-order valence-corrected chi connectivity index (χ3v) is 9.13. The lowest BCUT2D eigenvalue weighted by Crippen LogP contribution is -2.53. The number of hydrogen-bond donors (Lipinski definition) is 1. The van der Waals surface area contributed by atoms with Gasteiger partial charge in [0.1, 0.15) is 31.5 Å². The van der Waals surface area contributed by atoms with Crippen LogP contribution in [0.25, 0.3) is 0 Å². The number of fused-ring (bicyclic) bond motifs is 1. The molecule has 2 amide bonds. The molecular formula is C29H39N3O7S. The number of amides is 2. The highest BCUT2D eigenvalue weighted by atomic mass is 32.2. The normalized spacial score (nSPS) is 15.8. The van der Waals surface area contributed by atoms with Gasteiger partial charge < -0.3 is 24.4 Å². The van der Waals surface area contributed by atoms with E-state index in [1.54, 1.807) is 37.4 Å². The van der Waals surface area contributed by atoms with Crippen LogP contribution in [-0.2, 0) is 26.2 Å². The molecule has 0 spiro atoms. The Morgan fingerprint density at radius 2 is 1.70 bits per heavy atom. The number of ether oxygens (including phenoxy) is 3. The summed E-state index contributed by atoms with van der Waals surface area (Å²) in [5, 5.41) is 3.11. The first-order chi connectivity index (χ1) is 19.2. The van der Waals surface area contributed by atoms with Gasteiger partial charge in [0.15, 0.2) is 11.5 Å². The standard InChI is InChI=1S/C29H39N3O7S/c1-4-25(29(34)30-22-8-6-7-9-22)31(19-21-10-13-24(37-3)14-11-21)28(33)20-32(40(35,36)5-2)23-12-15-26-27(18-23)39-17-16-38-26/h10-15,18,22,25H,4-9,16-17,19-20H2,1-3H3,(H,30,34)/t25-/m0/s1. The summed E-state index contributed by atoms with van der Waals surface area (Å²) in [6.07, 6.45) is 4.35. The van der Waals surface area contributed by atoms with Gasteiger partial charge in [-0.25, -0.2) is 8.42 Å². The van der Waals surface area contributed by atoms with E-state index in [1.807, 2.05) is 19.1 Å². The van der Waals surface area contributed by atoms with Gasteiger partial charge in [0, 0.05) is 18.7 Å². The summed E-state index contributed by atoms with van der Waals surface area (Å²) >= 11 is 0. The van der Waals surface area contributed by atoms with Gasteiger partial charge in [-0.1, -0.05) is 31.9 Å². The van der Waals surface area contributed by atoms with Crippen molar-refractivity contribution in [3.8, 4) is 17.2 Å². The smallest absolute Gasteiger partial charge is 0.244 e. The lowest BCUT2D eigenvalue weighted by atomic mass is 10.1. The number of rotatable bonds is 12. The molecule has 2 aromatic carbocycles.